The third-order valence-corrected chi connectivity index (χ3v) is 3.71. The van der Waals surface area contributed by atoms with Crippen molar-refractivity contribution in [2.24, 2.45) is 5.41 Å². The summed E-state index contributed by atoms with van der Waals surface area (Å²) in [5, 5.41) is 2.78. The van der Waals surface area contributed by atoms with Crippen LogP contribution in [0.5, 0.6) is 0 Å². The highest BCUT2D eigenvalue weighted by Gasteiger charge is 2.38. The summed E-state index contributed by atoms with van der Waals surface area (Å²) >= 11 is 0. The molecule has 1 unspecified atom stereocenters. The molecule has 1 aromatic rings. The van der Waals surface area contributed by atoms with Crippen LogP contribution in [0.3, 0.4) is 0 Å². The minimum atomic E-state index is -0.616. The Balaban J connectivity index is 2.45. The van der Waals surface area contributed by atoms with E-state index in [0.717, 1.165) is 5.56 Å². The lowest BCUT2D eigenvalue weighted by Gasteiger charge is -2.32. The van der Waals surface area contributed by atoms with E-state index >= 15 is 0 Å². The molecule has 0 bridgehead atoms. The quantitative estimate of drug-likeness (QED) is 0.864. The number of halogens is 1. The average molecular weight is 292 g/mol. The Morgan fingerprint density at radius 1 is 1.29 bits per heavy atom. The highest BCUT2D eigenvalue weighted by molar-refractivity contribution is 6.02. The highest BCUT2D eigenvalue weighted by Crippen LogP contribution is 2.28. The molecule has 4 nitrogen and oxygen atoms in total. The van der Waals surface area contributed by atoms with E-state index in [9.17, 15) is 14.0 Å². The van der Waals surface area contributed by atoms with Gasteiger partial charge in [0.15, 0.2) is 0 Å². The number of carbonyl (C=O) groups excluding carboxylic acids is 2. The van der Waals surface area contributed by atoms with Crippen LogP contribution in [0.15, 0.2) is 18.2 Å². The summed E-state index contributed by atoms with van der Waals surface area (Å²) in [5.41, 5.74) is 0.939. The Kier molecular flexibility index (Phi) is 4.03. The molecule has 2 rings (SSSR count). The van der Waals surface area contributed by atoms with E-state index in [0.29, 0.717) is 5.69 Å². The van der Waals surface area contributed by atoms with Gasteiger partial charge in [-0.05, 0) is 30.0 Å². The van der Waals surface area contributed by atoms with Crippen molar-refractivity contribution in [1.29, 1.82) is 0 Å². The predicted octanol–water partition coefficient (Wildman–Crippen LogP) is 2.40. The Labute approximate surface area is 124 Å². The van der Waals surface area contributed by atoms with Gasteiger partial charge in [-0.15, -0.1) is 0 Å². The molecule has 1 heterocycles. The van der Waals surface area contributed by atoms with Crippen molar-refractivity contribution in [3.63, 3.8) is 0 Å². The van der Waals surface area contributed by atoms with Gasteiger partial charge in [0.2, 0.25) is 11.8 Å². The normalized spacial score (nSPS) is 20.2. The zero-order valence-corrected chi connectivity index (χ0v) is 12.9. The summed E-state index contributed by atoms with van der Waals surface area (Å²) in [6.07, 6.45) is 0.217. The van der Waals surface area contributed by atoms with Gasteiger partial charge in [-0.25, -0.2) is 4.39 Å². The van der Waals surface area contributed by atoms with E-state index in [1.807, 2.05) is 27.7 Å². The number of hydrogen-bond acceptors (Lipinski definition) is 2. The maximum atomic E-state index is 13.5. The van der Waals surface area contributed by atoms with Crippen LogP contribution in [0.4, 0.5) is 10.1 Å². The van der Waals surface area contributed by atoms with Crippen molar-refractivity contribution in [2.75, 3.05) is 11.4 Å². The van der Waals surface area contributed by atoms with Gasteiger partial charge in [-0.1, -0.05) is 26.8 Å². The summed E-state index contributed by atoms with van der Waals surface area (Å²) < 4.78 is 13.5. The Morgan fingerprint density at radius 2 is 1.95 bits per heavy atom. The summed E-state index contributed by atoms with van der Waals surface area (Å²) in [6.45, 7) is 7.79. The number of anilines is 1. The fourth-order valence-electron chi connectivity index (χ4n) is 2.47. The molecule has 114 valence electrons. The number of aryl methyl sites for hydroxylation is 1. The van der Waals surface area contributed by atoms with Crippen molar-refractivity contribution < 1.29 is 14.0 Å². The second-order valence-electron chi connectivity index (χ2n) is 6.54. The largest absolute Gasteiger partial charge is 0.344 e. The molecule has 1 aliphatic heterocycles. The topological polar surface area (TPSA) is 49.4 Å². The minimum Gasteiger partial charge on any atom is -0.344 e. The first-order valence-electron chi connectivity index (χ1n) is 7.07. The first-order valence-corrected chi connectivity index (χ1v) is 7.07. The van der Waals surface area contributed by atoms with E-state index < -0.39 is 11.5 Å². The van der Waals surface area contributed by atoms with Gasteiger partial charge in [0.25, 0.3) is 0 Å². The van der Waals surface area contributed by atoms with E-state index in [1.165, 1.54) is 17.0 Å². The molecule has 0 spiro atoms. The number of nitrogens with one attached hydrogen (secondary N) is 1. The summed E-state index contributed by atoms with van der Waals surface area (Å²) in [6, 6.07) is 3.74. The smallest absolute Gasteiger partial charge is 0.250 e. The molecule has 1 N–H and O–H groups in total. The molecule has 1 aliphatic rings. The fourth-order valence-corrected chi connectivity index (χ4v) is 2.47. The summed E-state index contributed by atoms with van der Waals surface area (Å²) in [4.78, 5) is 26.2. The fraction of sp³-hybridized carbons (Fsp3) is 0.500. The molecule has 1 aromatic carbocycles. The maximum absolute atomic E-state index is 13.5. The minimum absolute atomic E-state index is 0.153. The predicted molar refractivity (Wildman–Crippen MR) is 79.5 cm³/mol. The van der Waals surface area contributed by atoms with Crippen molar-refractivity contribution in [2.45, 2.75) is 40.2 Å². The highest BCUT2D eigenvalue weighted by atomic mass is 19.1. The van der Waals surface area contributed by atoms with Gasteiger partial charge in [0.1, 0.15) is 11.9 Å². The van der Waals surface area contributed by atoms with Gasteiger partial charge in [-0.2, -0.15) is 0 Å². The zero-order chi connectivity index (χ0) is 15.8. The van der Waals surface area contributed by atoms with Crippen molar-refractivity contribution >= 4 is 17.5 Å². The lowest BCUT2D eigenvalue weighted by Crippen LogP contribution is -2.52. The Morgan fingerprint density at radius 3 is 2.57 bits per heavy atom. The van der Waals surface area contributed by atoms with E-state index in [4.69, 9.17) is 0 Å². The molecular formula is C16H21FN2O2. The molecule has 0 aliphatic carbocycles. The summed E-state index contributed by atoms with van der Waals surface area (Å²) in [7, 11) is 0. The first kappa shape index (κ1) is 15.5. The van der Waals surface area contributed by atoms with Crippen LogP contribution in [0, 0.1) is 18.2 Å². The standard InChI is InChI=1S/C16H21FN2O2/c1-10-5-6-11(17)9-12(10)19-8-7-13(20)18-14(15(19)21)16(2,3)4/h5-6,9,14H,7-8H2,1-4H3,(H,18,20). The third kappa shape index (κ3) is 3.23. The lowest BCUT2D eigenvalue weighted by atomic mass is 9.86. The van der Waals surface area contributed by atoms with Crippen molar-refractivity contribution in [3.8, 4) is 0 Å². The number of benzene rings is 1. The van der Waals surface area contributed by atoms with Crippen LogP contribution >= 0.6 is 0 Å². The molecule has 5 heteroatoms. The molecular weight excluding hydrogens is 271 g/mol. The zero-order valence-electron chi connectivity index (χ0n) is 12.9. The van der Waals surface area contributed by atoms with E-state index in [1.54, 1.807) is 6.07 Å². The second kappa shape index (κ2) is 5.47. The lowest BCUT2D eigenvalue weighted by molar-refractivity contribution is -0.127. The van der Waals surface area contributed by atoms with Gasteiger partial charge in [-0.3, -0.25) is 9.59 Å². The van der Waals surface area contributed by atoms with Crippen LogP contribution in [0.1, 0.15) is 32.8 Å². The molecule has 1 saturated heterocycles. The SMILES string of the molecule is Cc1ccc(F)cc1N1CCC(=O)NC(C(C)(C)C)C1=O. The van der Waals surface area contributed by atoms with Crippen molar-refractivity contribution in [1.82, 2.24) is 5.32 Å². The molecule has 0 aromatic heterocycles. The molecule has 0 saturated carbocycles. The summed E-state index contributed by atoms with van der Waals surface area (Å²) in [5.74, 6) is -0.735. The number of amides is 2. The number of nitrogens with zero attached hydrogens (tertiary/aromatic N) is 1. The van der Waals surface area contributed by atoms with Crippen LogP contribution in [-0.2, 0) is 9.59 Å². The molecule has 21 heavy (non-hydrogen) atoms. The van der Waals surface area contributed by atoms with Gasteiger partial charge in [0.05, 0.1) is 0 Å². The molecule has 2 amide bonds. The van der Waals surface area contributed by atoms with E-state index in [-0.39, 0.29) is 30.6 Å². The number of rotatable bonds is 1. The Hall–Kier alpha value is -1.91. The van der Waals surface area contributed by atoms with Gasteiger partial charge >= 0.3 is 0 Å². The van der Waals surface area contributed by atoms with Crippen molar-refractivity contribution in [3.05, 3.63) is 29.6 Å². The van der Waals surface area contributed by atoms with Crippen LogP contribution in [0.2, 0.25) is 0 Å². The number of hydrogen-bond donors (Lipinski definition) is 1. The van der Waals surface area contributed by atoms with Crippen LogP contribution in [0.25, 0.3) is 0 Å². The van der Waals surface area contributed by atoms with Gasteiger partial charge < -0.3 is 10.2 Å². The average Bonchev–Trinajstić information content (AvgIpc) is 2.52. The van der Waals surface area contributed by atoms with E-state index in [2.05, 4.69) is 5.32 Å². The second-order valence-corrected chi connectivity index (χ2v) is 6.54. The molecule has 0 radical (unpaired) electrons. The molecule has 1 fully saturated rings. The van der Waals surface area contributed by atoms with Crippen LogP contribution < -0.4 is 10.2 Å². The maximum Gasteiger partial charge on any atom is 0.250 e. The monoisotopic (exact) mass is 292 g/mol. The third-order valence-electron chi connectivity index (χ3n) is 3.71. The Bertz CT molecular complexity index is 578. The number of carbonyl (C=O) groups is 2. The van der Waals surface area contributed by atoms with Gasteiger partial charge in [0, 0.05) is 18.7 Å². The first-order chi connectivity index (χ1) is 9.70. The molecule has 1 atom stereocenters. The van der Waals surface area contributed by atoms with Crippen LogP contribution in [-0.4, -0.2) is 24.4 Å².